The highest BCUT2D eigenvalue weighted by atomic mass is 16.5. The van der Waals surface area contributed by atoms with Gasteiger partial charge in [-0.2, -0.15) is 0 Å². The van der Waals surface area contributed by atoms with Crippen LogP contribution < -0.4 is 9.47 Å². The smallest absolute Gasteiger partial charge is 0.311 e. The molecule has 1 heterocycles. The van der Waals surface area contributed by atoms with Crippen LogP contribution in [0, 0.1) is 0 Å². The lowest BCUT2D eigenvalue weighted by molar-refractivity contribution is -0.136. The van der Waals surface area contributed by atoms with Gasteiger partial charge >= 0.3 is 5.97 Å². The molecule has 1 aromatic heterocycles. The average Bonchev–Trinajstić information content (AvgIpc) is 2.85. The minimum absolute atomic E-state index is 0.123. The van der Waals surface area contributed by atoms with Gasteiger partial charge in [-0.25, -0.2) is 0 Å². The van der Waals surface area contributed by atoms with Crippen LogP contribution in [-0.4, -0.2) is 45.5 Å². The second-order valence-corrected chi connectivity index (χ2v) is 3.60. The van der Waals surface area contributed by atoms with Gasteiger partial charge in [0.2, 0.25) is 0 Å². The fraction of sp³-hybridized carbons (Fsp3) is 0.273. The number of carboxylic acids is 1. The van der Waals surface area contributed by atoms with Crippen molar-refractivity contribution >= 4 is 5.97 Å². The van der Waals surface area contributed by atoms with Gasteiger partial charge in [-0.3, -0.25) is 4.79 Å². The maximum Gasteiger partial charge on any atom is 0.311 e. The molecule has 8 nitrogen and oxygen atoms in total. The minimum Gasteiger partial charge on any atom is -0.497 e. The molecule has 0 saturated carbocycles. The van der Waals surface area contributed by atoms with E-state index in [1.165, 1.54) is 19.0 Å². The van der Waals surface area contributed by atoms with Crippen molar-refractivity contribution in [3.63, 3.8) is 0 Å². The highest BCUT2D eigenvalue weighted by Crippen LogP contribution is 2.26. The third kappa shape index (κ3) is 2.79. The van der Waals surface area contributed by atoms with Crippen molar-refractivity contribution in [2.45, 2.75) is 6.42 Å². The van der Waals surface area contributed by atoms with E-state index in [2.05, 4.69) is 15.4 Å². The Kier molecular flexibility index (Phi) is 3.60. The van der Waals surface area contributed by atoms with Crippen molar-refractivity contribution in [2.24, 2.45) is 0 Å². The van der Waals surface area contributed by atoms with Crippen molar-refractivity contribution in [2.75, 3.05) is 14.2 Å². The average molecular weight is 264 g/mol. The standard InChI is InChI=1S/C11H12N4O4/c1-18-7-3-4-9(19-2)8(5-7)15-13-10(12-14-15)6-11(16)17/h3-5H,6H2,1-2H3,(H,16,17). The number of tetrazole rings is 1. The third-order valence-corrected chi connectivity index (χ3v) is 2.37. The highest BCUT2D eigenvalue weighted by molar-refractivity contribution is 5.68. The number of carboxylic acid groups (broad SMARTS) is 1. The number of methoxy groups -OCH3 is 2. The van der Waals surface area contributed by atoms with E-state index < -0.39 is 5.97 Å². The van der Waals surface area contributed by atoms with E-state index in [0.29, 0.717) is 17.2 Å². The number of hydrogen-bond acceptors (Lipinski definition) is 6. The summed E-state index contributed by atoms with van der Waals surface area (Å²) >= 11 is 0. The molecule has 1 N–H and O–H groups in total. The second-order valence-electron chi connectivity index (χ2n) is 3.60. The molecule has 0 saturated heterocycles. The molecule has 0 atom stereocenters. The third-order valence-electron chi connectivity index (χ3n) is 2.37. The molecular weight excluding hydrogens is 252 g/mol. The van der Waals surface area contributed by atoms with Gasteiger partial charge in [-0.1, -0.05) is 0 Å². The number of aromatic nitrogens is 4. The Bertz CT molecular complexity index is 596. The molecule has 2 rings (SSSR count). The zero-order valence-corrected chi connectivity index (χ0v) is 10.4. The molecule has 0 amide bonds. The Balaban J connectivity index is 2.39. The van der Waals surface area contributed by atoms with Gasteiger partial charge in [-0.15, -0.1) is 15.0 Å². The topological polar surface area (TPSA) is 99.4 Å². The van der Waals surface area contributed by atoms with Crippen molar-refractivity contribution in [1.82, 2.24) is 20.2 Å². The van der Waals surface area contributed by atoms with Crippen molar-refractivity contribution in [3.05, 3.63) is 24.0 Å². The van der Waals surface area contributed by atoms with Crippen molar-refractivity contribution < 1.29 is 19.4 Å². The summed E-state index contributed by atoms with van der Waals surface area (Å²) in [6.07, 6.45) is -0.285. The van der Waals surface area contributed by atoms with Gasteiger partial charge in [0.25, 0.3) is 0 Å². The molecule has 0 bridgehead atoms. The lowest BCUT2D eigenvalue weighted by Crippen LogP contribution is -2.05. The predicted molar refractivity (Wildman–Crippen MR) is 63.6 cm³/mol. The van der Waals surface area contributed by atoms with Gasteiger partial charge in [0.1, 0.15) is 23.6 Å². The van der Waals surface area contributed by atoms with Crippen LogP contribution in [0.1, 0.15) is 5.82 Å². The van der Waals surface area contributed by atoms with E-state index in [1.807, 2.05) is 0 Å². The van der Waals surface area contributed by atoms with Gasteiger partial charge in [-0.05, 0) is 17.3 Å². The maximum atomic E-state index is 10.6. The number of benzene rings is 1. The molecule has 100 valence electrons. The van der Waals surface area contributed by atoms with Crippen LogP contribution in [-0.2, 0) is 11.2 Å². The first-order chi connectivity index (χ1) is 9.13. The van der Waals surface area contributed by atoms with Crippen LogP contribution >= 0.6 is 0 Å². The van der Waals surface area contributed by atoms with Crippen LogP contribution in [0.3, 0.4) is 0 Å². The van der Waals surface area contributed by atoms with Crippen LogP contribution in [0.2, 0.25) is 0 Å². The van der Waals surface area contributed by atoms with E-state index in [1.54, 1.807) is 18.2 Å². The number of hydrogen-bond donors (Lipinski definition) is 1. The monoisotopic (exact) mass is 264 g/mol. The maximum absolute atomic E-state index is 10.6. The van der Waals surface area contributed by atoms with Crippen molar-refractivity contribution in [1.29, 1.82) is 0 Å². The van der Waals surface area contributed by atoms with Gasteiger partial charge in [0.15, 0.2) is 5.82 Å². The normalized spacial score (nSPS) is 10.2. The van der Waals surface area contributed by atoms with Gasteiger partial charge < -0.3 is 14.6 Å². The molecule has 19 heavy (non-hydrogen) atoms. The first kappa shape index (κ1) is 12.8. The quantitative estimate of drug-likeness (QED) is 0.829. The molecule has 0 aliphatic carbocycles. The largest absolute Gasteiger partial charge is 0.497 e. The van der Waals surface area contributed by atoms with E-state index in [9.17, 15) is 4.79 Å². The Morgan fingerprint density at radius 2 is 2.16 bits per heavy atom. The summed E-state index contributed by atoms with van der Waals surface area (Å²) in [4.78, 5) is 11.8. The summed E-state index contributed by atoms with van der Waals surface area (Å²) in [5, 5.41) is 20.1. The summed E-state index contributed by atoms with van der Waals surface area (Å²) in [7, 11) is 3.05. The molecule has 0 fully saturated rings. The zero-order chi connectivity index (χ0) is 13.8. The zero-order valence-electron chi connectivity index (χ0n) is 10.4. The Morgan fingerprint density at radius 1 is 1.37 bits per heavy atom. The number of aliphatic carboxylic acids is 1. The first-order valence-corrected chi connectivity index (χ1v) is 5.37. The number of rotatable bonds is 5. The lowest BCUT2D eigenvalue weighted by atomic mass is 10.3. The lowest BCUT2D eigenvalue weighted by Gasteiger charge is -2.08. The molecule has 2 aromatic rings. The SMILES string of the molecule is COc1ccc(OC)c(-n2nnc(CC(=O)O)n2)c1. The van der Waals surface area contributed by atoms with Crippen LogP contribution in [0.4, 0.5) is 0 Å². The van der Waals surface area contributed by atoms with Crippen LogP contribution in [0.5, 0.6) is 11.5 Å². The molecule has 0 radical (unpaired) electrons. The summed E-state index contributed by atoms with van der Waals surface area (Å²) in [6, 6.07) is 5.11. The fourth-order valence-electron chi connectivity index (χ4n) is 1.50. The summed E-state index contributed by atoms with van der Waals surface area (Å²) in [5.41, 5.74) is 0.519. The Morgan fingerprint density at radius 3 is 2.79 bits per heavy atom. The molecule has 8 heteroatoms. The molecule has 0 aliphatic heterocycles. The molecule has 0 unspecified atom stereocenters. The molecule has 0 aliphatic rings. The molecule has 0 spiro atoms. The minimum atomic E-state index is -1.02. The van der Waals surface area contributed by atoms with Gasteiger partial charge in [0.05, 0.1) is 14.2 Å². The molecular formula is C11H12N4O4. The van der Waals surface area contributed by atoms with E-state index in [0.717, 1.165) is 0 Å². The van der Waals surface area contributed by atoms with E-state index in [-0.39, 0.29) is 12.2 Å². The highest BCUT2D eigenvalue weighted by Gasteiger charge is 2.13. The molecule has 1 aromatic carbocycles. The Hall–Kier alpha value is -2.64. The first-order valence-electron chi connectivity index (χ1n) is 5.37. The number of ether oxygens (including phenoxy) is 2. The van der Waals surface area contributed by atoms with Crippen LogP contribution in [0.15, 0.2) is 18.2 Å². The number of nitrogens with zero attached hydrogens (tertiary/aromatic N) is 4. The van der Waals surface area contributed by atoms with E-state index in [4.69, 9.17) is 14.6 Å². The predicted octanol–water partition coefficient (Wildman–Crippen LogP) is 0.307. The number of carbonyl (C=O) groups is 1. The Labute approximate surface area is 108 Å². The summed E-state index contributed by atoms with van der Waals surface area (Å²) in [5.74, 6) is 0.238. The van der Waals surface area contributed by atoms with E-state index >= 15 is 0 Å². The fourth-order valence-corrected chi connectivity index (χ4v) is 1.50. The van der Waals surface area contributed by atoms with Crippen molar-refractivity contribution in [3.8, 4) is 17.2 Å². The van der Waals surface area contributed by atoms with Gasteiger partial charge in [0, 0.05) is 6.07 Å². The second kappa shape index (κ2) is 5.34. The summed E-state index contributed by atoms with van der Waals surface area (Å²) < 4.78 is 10.3. The summed E-state index contributed by atoms with van der Waals surface area (Å²) in [6.45, 7) is 0. The van der Waals surface area contributed by atoms with Crippen LogP contribution in [0.25, 0.3) is 5.69 Å².